The molecule has 1 aromatic heterocycles. The topological polar surface area (TPSA) is 63.8 Å². The molecule has 4 heteroatoms. The molecule has 86 valence electrons. The van der Waals surface area contributed by atoms with Crippen molar-refractivity contribution in [2.24, 2.45) is 5.84 Å². The number of fused-ring (bicyclic) bond motifs is 1. The van der Waals surface area contributed by atoms with Gasteiger partial charge in [-0.15, -0.1) is 0 Å². The Hall–Kier alpha value is -1.16. The number of nitrogen functional groups attached to an aromatic ring is 1. The van der Waals surface area contributed by atoms with E-state index in [2.05, 4.69) is 10.4 Å². The third kappa shape index (κ3) is 1.78. The molecule has 2 aliphatic rings. The van der Waals surface area contributed by atoms with E-state index in [-0.39, 0.29) is 0 Å². The van der Waals surface area contributed by atoms with Crippen LogP contribution >= 0.6 is 0 Å². The summed E-state index contributed by atoms with van der Waals surface area (Å²) >= 11 is 0. The minimum Gasteiger partial charge on any atom is -0.308 e. The predicted octanol–water partition coefficient (Wildman–Crippen LogP) is 1.91. The summed E-state index contributed by atoms with van der Waals surface area (Å²) in [5.74, 6) is 8.05. The van der Waals surface area contributed by atoms with Crippen molar-refractivity contribution in [3.05, 3.63) is 17.1 Å². The Morgan fingerprint density at radius 2 is 1.88 bits per heavy atom. The molecule has 0 spiro atoms. The fourth-order valence-corrected chi connectivity index (χ4v) is 2.43. The fourth-order valence-electron chi connectivity index (χ4n) is 2.43. The summed E-state index contributed by atoms with van der Waals surface area (Å²) < 4.78 is 0. The molecule has 0 saturated heterocycles. The Kier molecular flexibility index (Phi) is 2.52. The Morgan fingerprint density at radius 3 is 2.62 bits per heavy atom. The summed E-state index contributed by atoms with van der Waals surface area (Å²) in [6, 6.07) is 0. The van der Waals surface area contributed by atoms with Gasteiger partial charge in [-0.1, -0.05) is 6.42 Å². The van der Waals surface area contributed by atoms with Gasteiger partial charge in [0.25, 0.3) is 0 Å². The van der Waals surface area contributed by atoms with Crippen LogP contribution in [0.1, 0.15) is 55.1 Å². The van der Waals surface area contributed by atoms with Gasteiger partial charge in [-0.3, -0.25) is 0 Å². The van der Waals surface area contributed by atoms with E-state index >= 15 is 0 Å². The summed E-state index contributed by atoms with van der Waals surface area (Å²) in [4.78, 5) is 9.30. The average Bonchev–Trinajstić information content (AvgIpc) is 3.13. The lowest BCUT2D eigenvalue weighted by Crippen LogP contribution is -2.15. The molecule has 0 radical (unpaired) electrons. The zero-order chi connectivity index (χ0) is 11.0. The first-order valence-electron chi connectivity index (χ1n) is 6.25. The van der Waals surface area contributed by atoms with Crippen molar-refractivity contribution in [3.63, 3.8) is 0 Å². The summed E-state index contributed by atoms with van der Waals surface area (Å²) in [6.45, 7) is 0. The highest BCUT2D eigenvalue weighted by molar-refractivity contribution is 5.47. The molecular formula is C12H18N4. The quantitative estimate of drug-likeness (QED) is 0.452. The van der Waals surface area contributed by atoms with Crippen LogP contribution in [-0.4, -0.2) is 9.97 Å². The number of rotatable bonds is 2. The average molecular weight is 218 g/mol. The zero-order valence-corrected chi connectivity index (χ0v) is 9.50. The van der Waals surface area contributed by atoms with Crippen LogP contribution in [0.2, 0.25) is 0 Å². The molecule has 0 amide bonds. The maximum absolute atomic E-state index is 5.57. The second-order valence-electron chi connectivity index (χ2n) is 4.83. The van der Waals surface area contributed by atoms with Crippen LogP contribution in [0.15, 0.2) is 0 Å². The molecule has 1 heterocycles. The first-order valence-corrected chi connectivity index (χ1v) is 6.25. The van der Waals surface area contributed by atoms with Crippen LogP contribution < -0.4 is 11.3 Å². The van der Waals surface area contributed by atoms with E-state index in [4.69, 9.17) is 10.8 Å². The minimum atomic E-state index is 0.598. The van der Waals surface area contributed by atoms with Crippen molar-refractivity contribution in [2.75, 3.05) is 5.43 Å². The lowest BCUT2D eigenvalue weighted by Gasteiger charge is -2.12. The lowest BCUT2D eigenvalue weighted by molar-refractivity contribution is 0.708. The van der Waals surface area contributed by atoms with Gasteiger partial charge in [0.1, 0.15) is 11.6 Å². The van der Waals surface area contributed by atoms with Gasteiger partial charge < -0.3 is 5.43 Å². The molecule has 0 aliphatic heterocycles. The van der Waals surface area contributed by atoms with E-state index in [1.54, 1.807) is 0 Å². The predicted molar refractivity (Wildman–Crippen MR) is 63.1 cm³/mol. The summed E-state index contributed by atoms with van der Waals surface area (Å²) in [6.07, 6.45) is 8.41. The van der Waals surface area contributed by atoms with Gasteiger partial charge in [0, 0.05) is 17.2 Å². The number of nitrogens with one attached hydrogen (secondary N) is 1. The maximum Gasteiger partial charge on any atom is 0.147 e. The van der Waals surface area contributed by atoms with Gasteiger partial charge in [0.05, 0.1) is 0 Å². The van der Waals surface area contributed by atoms with Crippen molar-refractivity contribution < 1.29 is 0 Å². The molecule has 3 rings (SSSR count). The Balaban J connectivity index is 2.04. The van der Waals surface area contributed by atoms with Gasteiger partial charge in [0.15, 0.2) is 0 Å². The van der Waals surface area contributed by atoms with Gasteiger partial charge >= 0.3 is 0 Å². The maximum atomic E-state index is 5.57. The molecule has 1 aromatic rings. The lowest BCUT2D eigenvalue weighted by atomic mass is 10.1. The molecule has 0 aromatic carbocycles. The largest absolute Gasteiger partial charge is 0.308 e. The van der Waals surface area contributed by atoms with Crippen molar-refractivity contribution in [1.29, 1.82) is 0 Å². The number of anilines is 1. The van der Waals surface area contributed by atoms with E-state index in [0.29, 0.717) is 5.92 Å². The highest BCUT2D eigenvalue weighted by Gasteiger charge is 2.28. The molecule has 2 aliphatic carbocycles. The Bertz CT molecular complexity index is 398. The van der Waals surface area contributed by atoms with E-state index in [9.17, 15) is 0 Å². The molecular weight excluding hydrogens is 200 g/mol. The number of hydrogen-bond acceptors (Lipinski definition) is 4. The normalized spacial score (nSPS) is 20.1. The first kappa shape index (κ1) is 10.0. The summed E-state index contributed by atoms with van der Waals surface area (Å²) in [7, 11) is 0. The Morgan fingerprint density at radius 1 is 1.06 bits per heavy atom. The van der Waals surface area contributed by atoms with Crippen molar-refractivity contribution in [2.45, 2.75) is 50.9 Å². The minimum absolute atomic E-state index is 0.598. The molecule has 0 bridgehead atoms. The van der Waals surface area contributed by atoms with E-state index < -0.39 is 0 Å². The molecule has 0 atom stereocenters. The second-order valence-corrected chi connectivity index (χ2v) is 4.83. The monoisotopic (exact) mass is 218 g/mol. The van der Waals surface area contributed by atoms with E-state index in [1.165, 1.54) is 43.4 Å². The van der Waals surface area contributed by atoms with Gasteiger partial charge in [-0.25, -0.2) is 15.8 Å². The highest BCUT2D eigenvalue weighted by Crippen LogP contribution is 2.39. The van der Waals surface area contributed by atoms with Crippen LogP contribution in [0, 0.1) is 0 Å². The van der Waals surface area contributed by atoms with Gasteiger partial charge in [-0.2, -0.15) is 0 Å². The molecule has 1 fully saturated rings. The van der Waals surface area contributed by atoms with Crippen LogP contribution in [0.4, 0.5) is 5.82 Å². The van der Waals surface area contributed by atoms with Gasteiger partial charge in [0.2, 0.25) is 0 Å². The smallest absolute Gasteiger partial charge is 0.147 e. The second kappa shape index (κ2) is 4.01. The number of nitrogens with two attached hydrogens (primary N) is 1. The van der Waals surface area contributed by atoms with E-state index in [0.717, 1.165) is 24.5 Å². The molecule has 16 heavy (non-hydrogen) atoms. The van der Waals surface area contributed by atoms with Crippen LogP contribution in [0.3, 0.4) is 0 Å². The SMILES string of the molecule is NNc1nc(C2CC2)nc2c1CCCCC2. The number of aryl methyl sites for hydroxylation is 1. The molecule has 3 N–H and O–H groups in total. The molecule has 0 unspecified atom stereocenters. The van der Waals surface area contributed by atoms with Crippen LogP contribution in [0.5, 0.6) is 0 Å². The zero-order valence-electron chi connectivity index (χ0n) is 9.50. The van der Waals surface area contributed by atoms with Crippen molar-refractivity contribution in [3.8, 4) is 0 Å². The van der Waals surface area contributed by atoms with Crippen LogP contribution in [0.25, 0.3) is 0 Å². The molecule has 4 nitrogen and oxygen atoms in total. The van der Waals surface area contributed by atoms with Crippen LogP contribution in [-0.2, 0) is 12.8 Å². The third-order valence-corrected chi connectivity index (χ3v) is 3.53. The van der Waals surface area contributed by atoms with Gasteiger partial charge in [-0.05, 0) is 38.5 Å². The number of nitrogens with zero attached hydrogens (tertiary/aromatic N) is 2. The van der Waals surface area contributed by atoms with Crippen molar-refractivity contribution >= 4 is 5.82 Å². The number of hydrogen-bond donors (Lipinski definition) is 2. The van der Waals surface area contributed by atoms with Crippen molar-refractivity contribution in [1.82, 2.24) is 9.97 Å². The first-order chi connectivity index (χ1) is 7.88. The fraction of sp³-hybridized carbons (Fsp3) is 0.667. The standard InChI is InChI=1S/C12H18N4/c13-16-12-9-4-2-1-3-5-10(9)14-11(15-12)8-6-7-8/h8H,1-7,13H2,(H,14,15,16). The summed E-state index contributed by atoms with van der Waals surface area (Å²) in [5.41, 5.74) is 5.25. The third-order valence-electron chi connectivity index (χ3n) is 3.53. The Labute approximate surface area is 95.6 Å². The number of aromatic nitrogens is 2. The number of hydrazine groups is 1. The van der Waals surface area contributed by atoms with E-state index in [1.807, 2.05) is 0 Å². The summed E-state index contributed by atoms with van der Waals surface area (Å²) in [5, 5.41) is 0. The highest BCUT2D eigenvalue weighted by atomic mass is 15.3. The molecule has 1 saturated carbocycles.